The lowest BCUT2D eigenvalue weighted by atomic mass is 10.2. The van der Waals surface area contributed by atoms with E-state index in [9.17, 15) is 9.59 Å². The Labute approximate surface area is 198 Å². The van der Waals surface area contributed by atoms with Gasteiger partial charge in [-0.1, -0.05) is 47.6 Å². The van der Waals surface area contributed by atoms with Crippen molar-refractivity contribution < 1.29 is 14.3 Å². The number of nitrogens with one attached hydrogen (secondary N) is 1. The van der Waals surface area contributed by atoms with Gasteiger partial charge in [-0.15, -0.1) is 0 Å². The van der Waals surface area contributed by atoms with Gasteiger partial charge in [0.25, 0.3) is 5.56 Å². The standard InChI is InChI=1S/C24H18ClN3O4S/c25-16-5-3-4-15(10-16)12-28-23(30)18-6-1-2-7-19(18)27-24(28)33-13-22(29)26-17-8-9-20-21(11-17)32-14-31-20/h1-11H,12-14H2,(H,26,29). The molecule has 4 aromatic rings. The molecule has 33 heavy (non-hydrogen) atoms. The van der Waals surface area contributed by atoms with Crippen molar-refractivity contribution in [3.8, 4) is 11.5 Å². The van der Waals surface area contributed by atoms with Crippen molar-refractivity contribution in [1.82, 2.24) is 9.55 Å². The number of nitrogens with zero attached hydrogens (tertiary/aromatic N) is 2. The molecule has 1 aliphatic rings. The molecule has 0 saturated heterocycles. The Kier molecular flexibility index (Phi) is 5.93. The normalized spacial score (nSPS) is 12.2. The molecule has 0 saturated carbocycles. The monoisotopic (exact) mass is 479 g/mol. The number of para-hydroxylation sites is 1. The molecular weight excluding hydrogens is 462 g/mol. The number of hydrogen-bond acceptors (Lipinski definition) is 6. The number of ether oxygens (including phenoxy) is 2. The maximum Gasteiger partial charge on any atom is 0.262 e. The Balaban J connectivity index is 1.39. The van der Waals surface area contributed by atoms with Crippen molar-refractivity contribution in [3.05, 3.63) is 87.7 Å². The van der Waals surface area contributed by atoms with Crippen LogP contribution in [0.3, 0.4) is 0 Å². The summed E-state index contributed by atoms with van der Waals surface area (Å²) in [6, 6.07) is 19.7. The van der Waals surface area contributed by atoms with Crippen LogP contribution in [-0.2, 0) is 11.3 Å². The quantitative estimate of drug-likeness (QED) is 0.322. The molecule has 0 radical (unpaired) electrons. The molecule has 0 fully saturated rings. The van der Waals surface area contributed by atoms with Gasteiger partial charge in [0, 0.05) is 16.8 Å². The summed E-state index contributed by atoms with van der Waals surface area (Å²) < 4.78 is 12.2. The van der Waals surface area contributed by atoms with E-state index in [2.05, 4.69) is 10.3 Å². The van der Waals surface area contributed by atoms with Crippen molar-refractivity contribution in [2.24, 2.45) is 0 Å². The van der Waals surface area contributed by atoms with Gasteiger partial charge in [0.1, 0.15) is 0 Å². The zero-order chi connectivity index (χ0) is 22.8. The summed E-state index contributed by atoms with van der Waals surface area (Å²) in [7, 11) is 0. The van der Waals surface area contributed by atoms with Crippen LogP contribution >= 0.6 is 23.4 Å². The Bertz CT molecular complexity index is 1420. The van der Waals surface area contributed by atoms with Gasteiger partial charge in [-0.2, -0.15) is 0 Å². The Morgan fingerprint density at radius 1 is 1.06 bits per heavy atom. The number of amides is 1. The fourth-order valence-corrected chi connectivity index (χ4v) is 4.53. The van der Waals surface area contributed by atoms with Crippen LogP contribution in [0.15, 0.2) is 76.7 Å². The van der Waals surface area contributed by atoms with Gasteiger partial charge in [0.2, 0.25) is 12.7 Å². The molecule has 2 heterocycles. The SMILES string of the molecule is O=C(CSc1nc2ccccc2c(=O)n1Cc1cccc(Cl)c1)Nc1ccc2c(c1)OCO2. The third-order valence-corrected chi connectivity index (χ3v) is 6.26. The summed E-state index contributed by atoms with van der Waals surface area (Å²) in [6.07, 6.45) is 0. The van der Waals surface area contributed by atoms with E-state index in [0.29, 0.717) is 44.8 Å². The maximum atomic E-state index is 13.2. The molecule has 1 aromatic heterocycles. The van der Waals surface area contributed by atoms with Crippen LogP contribution in [0.1, 0.15) is 5.56 Å². The molecule has 0 spiro atoms. The number of halogens is 1. The average Bonchev–Trinajstić information content (AvgIpc) is 3.28. The fraction of sp³-hybridized carbons (Fsp3) is 0.125. The van der Waals surface area contributed by atoms with E-state index in [1.807, 2.05) is 24.3 Å². The summed E-state index contributed by atoms with van der Waals surface area (Å²) in [5.41, 5.74) is 1.89. The first kappa shape index (κ1) is 21.4. The maximum absolute atomic E-state index is 13.2. The Morgan fingerprint density at radius 3 is 2.79 bits per heavy atom. The molecule has 0 aliphatic carbocycles. The zero-order valence-electron chi connectivity index (χ0n) is 17.3. The number of benzene rings is 3. The highest BCUT2D eigenvalue weighted by atomic mass is 35.5. The highest BCUT2D eigenvalue weighted by molar-refractivity contribution is 7.99. The molecule has 1 amide bonds. The predicted molar refractivity (Wildman–Crippen MR) is 128 cm³/mol. The minimum absolute atomic E-state index is 0.0781. The number of hydrogen-bond donors (Lipinski definition) is 1. The van der Waals surface area contributed by atoms with Crippen LogP contribution in [0.25, 0.3) is 10.9 Å². The van der Waals surface area contributed by atoms with E-state index in [1.165, 1.54) is 11.8 Å². The van der Waals surface area contributed by atoms with E-state index in [-0.39, 0.29) is 24.0 Å². The fourth-order valence-electron chi connectivity index (χ4n) is 3.52. The number of anilines is 1. The van der Waals surface area contributed by atoms with E-state index in [4.69, 9.17) is 21.1 Å². The second-order valence-corrected chi connectivity index (χ2v) is 8.72. The number of fused-ring (bicyclic) bond motifs is 2. The van der Waals surface area contributed by atoms with Crippen LogP contribution in [0, 0.1) is 0 Å². The molecule has 166 valence electrons. The first-order valence-corrected chi connectivity index (χ1v) is 11.5. The first-order valence-electron chi connectivity index (χ1n) is 10.1. The minimum Gasteiger partial charge on any atom is -0.454 e. The molecule has 7 nitrogen and oxygen atoms in total. The molecule has 1 aliphatic heterocycles. The number of carbonyl (C=O) groups excluding carboxylic acids is 1. The van der Waals surface area contributed by atoms with Gasteiger partial charge in [-0.05, 0) is 42.0 Å². The van der Waals surface area contributed by atoms with Crippen molar-refractivity contribution >= 4 is 45.9 Å². The van der Waals surface area contributed by atoms with Crippen LogP contribution in [0.4, 0.5) is 5.69 Å². The second kappa shape index (κ2) is 9.17. The summed E-state index contributed by atoms with van der Waals surface area (Å²) in [5, 5.41) is 4.41. The lowest BCUT2D eigenvalue weighted by molar-refractivity contribution is -0.113. The van der Waals surface area contributed by atoms with Crippen LogP contribution in [0.5, 0.6) is 11.5 Å². The van der Waals surface area contributed by atoms with Crippen LogP contribution in [-0.4, -0.2) is 28.0 Å². The third kappa shape index (κ3) is 4.67. The third-order valence-electron chi connectivity index (χ3n) is 5.05. The van der Waals surface area contributed by atoms with Crippen LogP contribution < -0.4 is 20.3 Å². The van der Waals surface area contributed by atoms with Gasteiger partial charge >= 0.3 is 0 Å². The van der Waals surface area contributed by atoms with Crippen LogP contribution in [0.2, 0.25) is 5.02 Å². The second-order valence-electron chi connectivity index (χ2n) is 7.34. The van der Waals surface area contributed by atoms with Gasteiger partial charge in [-0.25, -0.2) is 4.98 Å². The lowest BCUT2D eigenvalue weighted by Crippen LogP contribution is -2.25. The molecule has 3 aromatic carbocycles. The Morgan fingerprint density at radius 2 is 1.91 bits per heavy atom. The van der Waals surface area contributed by atoms with Crippen molar-refractivity contribution in [2.75, 3.05) is 17.9 Å². The average molecular weight is 480 g/mol. The largest absolute Gasteiger partial charge is 0.454 e. The van der Waals surface area contributed by atoms with Gasteiger partial charge in [0.15, 0.2) is 16.7 Å². The van der Waals surface area contributed by atoms with Gasteiger partial charge in [0.05, 0.1) is 23.2 Å². The molecule has 9 heteroatoms. The van der Waals surface area contributed by atoms with E-state index in [0.717, 1.165) is 5.56 Å². The van der Waals surface area contributed by atoms with E-state index in [1.54, 1.807) is 47.0 Å². The molecule has 1 N–H and O–H groups in total. The molecule has 5 rings (SSSR count). The van der Waals surface area contributed by atoms with E-state index >= 15 is 0 Å². The highest BCUT2D eigenvalue weighted by Gasteiger charge is 2.16. The van der Waals surface area contributed by atoms with Crippen molar-refractivity contribution in [3.63, 3.8) is 0 Å². The Hall–Kier alpha value is -3.49. The molecule has 0 unspecified atom stereocenters. The number of thioether (sulfide) groups is 1. The molecule has 0 bridgehead atoms. The summed E-state index contributed by atoms with van der Waals surface area (Å²) in [5.74, 6) is 1.09. The van der Waals surface area contributed by atoms with Crippen molar-refractivity contribution in [2.45, 2.75) is 11.7 Å². The van der Waals surface area contributed by atoms with E-state index < -0.39 is 0 Å². The highest BCUT2D eigenvalue weighted by Crippen LogP contribution is 2.34. The van der Waals surface area contributed by atoms with Crippen molar-refractivity contribution in [1.29, 1.82) is 0 Å². The predicted octanol–water partition coefficient (Wildman–Crippen LogP) is 4.56. The lowest BCUT2D eigenvalue weighted by Gasteiger charge is -2.13. The number of carbonyl (C=O) groups is 1. The zero-order valence-corrected chi connectivity index (χ0v) is 18.9. The summed E-state index contributed by atoms with van der Waals surface area (Å²) >= 11 is 7.33. The first-order chi connectivity index (χ1) is 16.1. The number of rotatable bonds is 6. The topological polar surface area (TPSA) is 82.5 Å². The van der Waals surface area contributed by atoms with Gasteiger partial charge in [-0.3, -0.25) is 14.2 Å². The number of aromatic nitrogens is 2. The smallest absolute Gasteiger partial charge is 0.262 e. The minimum atomic E-state index is -0.226. The summed E-state index contributed by atoms with van der Waals surface area (Å²) in [6.45, 7) is 0.462. The molecule has 0 atom stereocenters. The molecular formula is C24H18ClN3O4S. The summed E-state index contributed by atoms with van der Waals surface area (Å²) in [4.78, 5) is 30.5. The van der Waals surface area contributed by atoms with Gasteiger partial charge < -0.3 is 14.8 Å².